The third-order valence-corrected chi connectivity index (χ3v) is 3.72. The van der Waals surface area contributed by atoms with Crippen molar-refractivity contribution in [3.05, 3.63) is 29.8 Å². The number of rotatable bonds is 3. The van der Waals surface area contributed by atoms with Gasteiger partial charge in [0.1, 0.15) is 5.54 Å². The van der Waals surface area contributed by atoms with Crippen LogP contribution in [0.5, 0.6) is 0 Å². The highest BCUT2D eigenvalue weighted by molar-refractivity contribution is 5.97. The number of aliphatic carboxylic acids is 1. The minimum Gasteiger partial charge on any atom is -0.480 e. The van der Waals surface area contributed by atoms with Gasteiger partial charge in [-0.1, -0.05) is 25.7 Å². The molecule has 1 saturated carbocycles. The summed E-state index contributed by atoms with van der Waals surface area (Å²) in [5.74, 6) is -2.67. The summed E-state index contributed by atoms with van der Waals surface area (Å²) in [7, 11) is 0. The highest BCUT2D eigenvalue weighted by atomic mass is 19.1. The van der Waals surface area contributed by atoms with Crippen LogP contribution < -0.4 is 5.32 Å². The maximum absolute atomic E-state index is 13.5. The van der Waals surface area contributed by atoms with E-state index in [9.17, 15) is 19.1 Å². The molecule has 0 bridgehead atoms. The molecule has 108 valence electrons. The Morgan fingerprint density at radius 1 is 1.25 bits per heavy atom. The summed E-state index contributed by atoms with van der Waals surface area (Å²) < 4.78 is 13.5. The minimum absolute atomic E-state index is 0.225. The second kappa shape index (κ2) is 5.98. The third-order valence-electron chi connectivity index (χ3n) is 3.72. The molecule has 1 heterocycles. The van der Waals surface area contributed by atoms with Gasteiger partial charge < -0.3 is 10.4 Å². The van der Waals surface area contributed by atoms with Crippen molar-refractivity contribution in [2.75, 3.05) is 0 Å². The molecule has 0 unspecified atom stereocenters. The first-order chi connectivity index (χ1) is 9.55. The highest BCUT2D eigenvalue weighted by Crippen LogP contribution is 2.28. The van der Waals surface area contributed by atoms with Crippen LogP contribution in [0.4, 0.5) is 4.39 Å². The Labute approximate surface area is 116 Å². The van der Waals surface area contributed by atoms with Crippen LogP contribution in [0.25, 0.3) is 0 Å². The lowest BCUT2D eigenvalue weighted by molar-refractivity contribution is -0.145. The topological polar surface area (TPSA) is 79.3 Å². The summed E-state index contributed by atoms with van der Waals surface area (Å²) in [6, 6.07) is 2.74. The van der Waals surface area contributed by atoms with Gasteiger partial charge in [-0.15, -0.1) is 0 Å². The summed E-state index contributed by atoms with van der Waals surface area (Å²) in [6.45, 7) is 0. The number of carbonyl (C=O) groups is 2. The molecule has 1 fully saturated rings. The van der Waals surface area contributed by atoms with Gasteiger partial charge in [0.15, 0.2) is 0 Å². The first kappa shape index (κ1) is 14.4. The Morgan fingerprint density at radius 3 is 2.45 bits per heavy atom. The predicted octanol–water partition coefficient (Wildman–Crippen LogP) is 2.13. The number of hydrogen-bond donors (Lipinski definition) is 2. The fraction of sp³-hybridized carbons (Fsp3) is 0.500. The second-order valence-corrected chi connectivity index (χ2v) is 5.10. The molecule has 0 atom stereocenters. The first-order valence-electron chi connectivity index (χ1n) is 6.72. The number of hydrogen-bond acceptors (Lipinski definition) is 3. The zero-order valence-corrected chi connectivity index (χ0v) is 11.1. The molecule has 1 aliphatic carbocycles. The van der Waals surface area contributed by atoms with E-state index < -0.39 is 23.4 Å². The monoisotopic (exact) mass is 280 g/mol. The molecular weight excluding hydrogens is 263 g/mol. The molecule has 2 N–H and O–H groups in total. The van der Waals surface area contributed by atoms with Crippen molar-refractivity contribution in [3.8, 4) is 0 Å². The van der Waals surface area contributed by atoms with E-state index in [1.165, 1.54) is 18.3 Å². The lowest BCUT2D eigenvalue weighted by Gasteiger charge is -2.29. The fourth-order valence-corrected chi connectivity index (χ4v) is 2.56. The van der Waals surface area contributed by atoms with Crippen LogP contribution in [-0.2, 0) is 4.79 Å². The molecule has 0 saturated heterocycles. The number of amides is 1. The Hall–Kier alpha value is -1.98. The van der Waals surface area contributed by atoms with Gasteiger partial charge in [0.05, 0.1) is 5.56 Å². The zero-order valence-electron chi connectivity index (χ0n) is 11.1. The van der Waals surface area contributed by atoms with Gasteiger partial charge in [0.25, 0.3) is 5.91 Å². The molecule has 5 nitrogen and oxygen atoms in total. The summed E-state index contributed by atoms with van der Waals surface area (Å²) >= 11 is 0. The molecule has 1 aliphatic rings. The SMILES string of the molecule is O=C(NC1(C(=O)O)CCCCCC1)c1cccnc1F. The maximum Gasteiger partial charge on any atom is 0.329 e. The van der Waals surface area contributed by atoms with E-state index in [0.717, 1.165) is 25.7 Å². The van der Waals surface area contributed by atoms with E-state index in [0.29, 0.717) is 12.8 Å². The number of pyridine rings is 1. The van der Waals surface area contributed by atoms with Gasteiger partial charge in [-0.3, -0.25) is 4.79 Å². The van der Waals surface area contributed by atoms with E-state index in [1.807, 2.05) is 0 Å². The predicted molar refractivity (Wildman–Crippen MR) is 69.7 cm³/mol. The van der Waals surface area contributed by atoms with Crippen LogP contribution >= 0.6 is 0 Å². The van der Waals surface area contributed by atoms with Crippen LogP contribution in [-0.4, -0.2) is 27.5 Å². The van der Waals surface area contributed by atoms with Crippen molar-refractivity contribution in [2.24, 2.45) is 0 Å². The molecule has 0 aromatic carbocycles. The molecular formula is C14H17FN2O3. The van der Waals surface area contributed by atoms with E-state index in [1.54, 1.807) is 0 Å². The number of nitrogens with zero attached hydrogens (tertiary/aromatic N) is 1. The van der Waals surface area contributed by atoms with E-state index >= 15 is 0 Å². The highest BCUT2D eigenvalue weighted by Gasteiger charge is 2.40. The average molecular weight is 280 g/mol. The number of carbonyl (C=O) groups excluding carboxylic acids is 1. The molecule has 1 aromatic heterocycles. The Kier molecular flexibility index (Phi) is 4.32. The van der Waals surface area contributed by atoms with Crippen LogP contribution in [0, 0.1) is 5.95 Å². The normalized spacial score (nSPS) is 18.1. The number of carboxylic acids is 1. The van der Waals surface area contributed by atoms with Crippen molar-refractivity contribution in [1.29, 1.82) is 0 Å². The number of aromatic nitrogens is 1. The average Bonchev–Trinajstić information content (AvgIpc) is 2.65. The van der Waals surface area contributed by atoms with Gasteiger partial charge in [-0.2, -0.15) is 4.39 Å². The number of carboxylic acid groups (broad SMARTS) is 1. The first-order valence-corrected chi connectivity index (χ1v) is 6.72. The van der Waals surface area contributed by atoms with E-state index in [-0.39, 0.29) is 5.56 Å². The standard InChI is InChI=1S/C14H17FN2O3/c15-11-10(6-5-9-16-11)12(18)17-14(13(19)20)7-3-1-2-4-8-14/h5-6,9H,1-4,7-8H2,(H,17,18)(H,19,20). The summed E-state index contributed by atoms with van der Waals surface area (Å²) in [5.41, 5.74) is -1.52. The van der Waals surface area contributed by atoms with E-state index in [2.05, 4.69) is 10.3 Å². The molecule has 1 aromatic rings. The van der Waals surface area contributed by atoms with E-state index in [4.69, 9.17) is 0 Å². The third kappa shape index (κ3) is 2.95. The quantitative estimate of drug-likeness (QED) is 0.656. The summed E-state index contributed by atoms with van der Waals surface area (Å²) in [5, 5.41) is 12.0. The smallest absolute Gasteiger partial charge is 0.329 e. The Balaban J connectivity index is 2.22. The number of halogens is 1. The largest absolute Gasteiger partial charge is 0.480 e. The molecule has 20 heavy (non-hydrogen) atoms. The fourth-order valence-electron chi connectivity index (χ4n) is 2.56. The molecule has 0 spiro atoms. The van der Waals surface area contributed by atoms with Crippen LogP contribution in [0.15, 0.2) is 18.3 Å². The van der Waals surface area contributed by atoms with Crippen molar-refractivity contribution in [2.45, 2.75) is 44.1 Å². The van der Waals surface area contributed by atoms with Gasteiger partial charge in [-0.05, 0) is 25.0 Å². The zero-order chi connectivity index (χ0) is 14.6. The summed E-state index contributed by atoms with van der Waals surface area (Å²) in [4.78, 5) is 27.1. The lowest BCUT2D eigenvalue weighted by Crippen LogP contribution is -2.54. The number of nitrogens with one attached hydrogen (secondary N) is 1. The second-order valence-electron chi connectivity index (χ2n) is 5.10. The van der Waals surface area contributed by atoms with Crippen molar-refractivity contribution in [3.63, 3.8) is 0 Å². The maximum atomic E-state index is 13.5. The Morgan fingerprint density at radius 2 is 1.90 bits per heavy atom. The summed E-state index contributed by atoms with van der Waals surface area (Å²) in [6.07, 6.45) is 5.36. The molecule has 6 heteroatoms. The van der Waals surface area contributed by atoms with Gasteiger partial charge in [-0.25, -0.2) is 9.78 Å². The van der Waals surface area contributed by atoms with Gasteiger partial charge in [0.2, 0.25) is 5.95 Å². The minimum atomic E-state index is -1.30. The molecule has 0 radical (unpaired) electrons. The van der Waals surface area contributed by atoms with Crippen LogP contribution in [0.1, 0.15) is 48.9 Å². The van der Waals surface area contributed by atoms with Crippen LogP contribution in [0.3, 0.4) is 0 Å². The molecule has 1 amide bonds. The van der Waals surface area contributed by atoms with Crippen LogP contribution in [0.2, 0.25) is 0 Å². The van der Waals surface area contributed by atoms with Gasteiger partial charge >= 0.3 is 5.97 Å². The van der Waals surface area contributed by atoms with Crippen molar-refractivity contribution in [1.82, 2.24) is 10.3 Å². The lowest BCUT2D eigenvalue weighted by atomic mass is 9.90. The van der Waals surface area contributed by atoms with Crippen molar-refractivity contribution < 1.29 is 19.1 Å². The molecule has 0 aliphatic heterocycles. The van der Waals surface area contributed by atoms with Crippen molar-refractivity contribution >= 4 is 11.9 Å². The van der Waals surface area contributed by atoms with Gasteiger partial charge in [0, 0.05) is 6.20 Å². The molecule has 2 rings (SSSR count). The Bertz CT molecular complexity index is 511.